The smallest absolute Gasteiger partial charge is 0.289 e. The third kappa shape index (κ3) is 3.72. The van der Waals surface area contributed by atoms with Crippen molar-refractivity contribution in [3.63, 3.8) is 0 Å². The van der Waals surface area contributed by atoms with Gasteiger partial charge in [-0.3, -0.25) is 9.59 Å². The maximum atomic E-state index is 13.3. The van der Waals surface area contributed by atoms with Crippen molar-refractivity contribution in [2.75, 3.05) is 0 Å². The molecule has 0 N–H and O–H groups in total. The summed E-state index contributed by atoms with van der Waals surface area (Å²) in [5, 5.41) is 0. The fraction of sp³-hybridized carbons (Fsp3) is 0.0833. The first kappa shape index (κ1) is 21.5. The third-order valence-electron chi connectivity index (χ3n) is 5.12. The number of hydrogen-bond acceptors (Lipinski definition) is 2. The second-order valence-electron chi connectivity index (χ2n) is 7.10. The van der Waals surface area contributed by atoms with Crippen LogP contribution >= 0.6 is 0 Å². The van der Waals surface area contributed by atoms with Crippen molar-refractivity contribution in [2.45, 2.75) is 12.4 Å². The Labute approximate surface area is 177 Å². The number of carbonyl (C=O) groups is 2. The van der Waals surface area contributed by atoms with Crippen LogP contribution in [-0.2, 0) is 12.4 Å². The summed E-state index contributed by atoms with van der Waals surface area (Å²) in [5.41, 5.74) is -1.52. The van der Waals surface area contributed by atoms with Crippen molar-refractivity contribution >= 4 is 22.7 Å². The number of halogens is 6. The van der Waals surface area contributed by atoms with Crippen LogP contribution in [0.5, 0.6) is 0 Å². The quantitative estimate of drug-likeness (QED) is 0.331. The van der Waals surface area contributed by atoms with Crippen LogP contribution in [0.4, 0.5) is 26.3 Å². The molecule has 0 amide bonds. The zero-order valence-corrected chi connectivity index (χ0v) is 16.0. The van der Waals surface area contributed by atoms with Crippen molar-refractivity contribution in [3.8, 4) is 0 Å². The van der Waals surface area contributed by atoms with Crippen LogP contribution in [0.1, 0.15) is 43.0 Å². The van der Waals surface area contributed by atoms with Crippen molar-refractivity contribution in [2.24, 2.45) is 0 Å². The van der Waals surface area contributed by atoms with Crippen LogP contribution in [0.2, 0.25) is 0 Å². The van der Waals surface area contributed by atoms with Gasteiger partial charge in [0.2, 0.25) is 0 Å². The summed E-state index contributed by atoms with van der Waals surface area (Å²) in [7, 11) is 0. The van der Waals surface area contributed by atoms with Gasteiger partial charge in [0.05, 0.1) is 11.1 Å². The molecule has 2 nitrogen and oxygen atoms in total. The Balaban J connectivity index is 1.85. The number of Topliss-reactive ketones (excluding diaryl/α,β-unsaturated/α-hetero) is 2. The fourth-order valence-electron chi connectivity index (χ4n) is 3.57. The molecular formula is C24H12F6O2. The first-order valence-corrected chi connectivity index (χ1v) is 9.26. The van der Waals surface area contributed by atoms with Crippen molar-refractivity contribution in [1.29, 1.82) is 0 Å². The molecule has 1 aliphatic rings. The minimum Gasteiger partial charge on any atom is -0.289 e. The summed E-state index contributed by atoms with van der Waals surface area (Å²) in [5.74, 6) is -1.25. The maximum absolute atomic E-state index is 13.3. The standard InChI is InChI=1S/C24H12F6O2/c25-23(26,27)15-9-5-13(6-10-15)19-20(17-3-1-2-4-18(17)22(19)32)21(31)14-7-11-16(12-8-14)24(28,29)30/h1-12H. The summed E-state index contributed by atoms with van der Waals surface area (Å²) in [4.78, 5) is 26.3. The molecule has 0 aromatic heterocycles. The molecule has 0 unspecified atom stereocenters. The fourth-order valence-corrected chi connectivity index (χ4v) is 3.57. The van der Waals surface area contributed by atoms with E-state index in [0.717, 1.165) is 48.5 Å². The summed E-state index contributed by atoms with van der Waals surface area (Å²) >= 11 is 0. The molecule has 1 aliphatic carbocycles. The van der Waals surface area contributed by atoms with Gasteiger partial charge in [0.1, 0.15) is 0 Å². The highest BCUT2D eigenvalue weighted by Gasteiger charge is 2.36. The first-order chi connectivity index (χ1) is 15.0. The summed E-state index contributed by atoms with van der Waals surface area (Å²) in [6, 6.07) is 13.5. The largest absolute Gasteiger partial charge is 0.416 e. The van der Waals surface area contributed by atoms with Gasteiger partial charge in [-0.2, -0.15) is 26.3 Å². The van der Waals surface area contributed by atoms with Crippen molar-refractivity contribution in [1.82, 2.24) is 0 Å². The Bertz CT molecular complexity index is 1250. The van der Waals surface area contributed by atoms with Crippen molar-refractivity contribution in [3.05, 3.63) is 106 Å². The highest BCUT2D eigenvalue weighted by atomic mass is 19.4. The molecule has 8 heteroatoms. The van der Waals surface area contributed by atoms with Gasteiger partial charge in [0.15, 0.2) is 11.6 Å². The number of benzene rings is 3. The van der Waals surface area contributed by atoms with E-state index in [1.165, 1.54) is 12.1 Å². The monoisotopic (exact) mass is 446 g/mol. The SMILES string of the molecule is O=C(C1=C(c2ccc(C(F)(F)F)cc2)C(=O)c2ccccc21)c1ccc(C(F)(F)F)cc1. The first-order valence-electron chi connectivity index (χ1n) is 9.26. The lowest BCUT2D eigenvalue weighted by atomic mass is 9.92. The maximum Gasteiger partial charge on any atom is 0.416 e. The molecule has 32 heavy (non-hydrogen) atoms. The Hall–Kier alpha value is -3.68. The van der Waals surface area contributed by atoms with Crippen LogP contribution in [0.15, 0.2) is 72.8 Å². The van der Waals surface area contributed by atoms with E-state index in [0.29, 0.717) is 0 Å². The molecular weight excluding hydrogens is 434 g/mol. The minimum absolute atomic E-state index is 0.0647. The molecule has 0 heterocycles. The number of fused-ring (bicyclic) bond motifs is 1. The van der Waals surface area contributed by atoms with E-state index < -0.39 is 35.0 Å². The van der Waals surface area contributed by atoms with Gasteiger partial charge in [-0.05, 0) is 35.4 Å². The van der Waals surface area contributed by atoms with Gasteiger partial charge < -0.3 is 0 Å². The lowest BCUT2D eigenvalue weighted by Crippen LogP contribution is -2.08. The van der Waals surface area contributed by atoms with Crippen LogP contribution in [0.3, 0.4) is 0 Å². The second-order valence-corrected chi connectivity index (χ2v) is 7.10. The molecule has 0 radical (unpaired) electrons. The van der Waals surface area contributed by atoms with E-state index in [2.05, 4.69) is 0 Å². The zero-order chi connectivity index (χ0) is 23.3. The molecule has 4 rings (SSSR count). The highest BCUT2D eigenvalue weighted by molar-refractivity contribution is 6.51. The Morgan fingerprint density at radius 2 is 1.09 bits per heavy atom. The van der Waals surface area contributed by atoms with E-state index in [1.807, 2.05) is 0 Å². The summed E-state index contributed by atoms with van der Waals surface area (Å²) in [6.45, 7) is 0. The molecule has 3 aromatic carbocycles. The normalized spacial score (nSPS) is 14.0. The highest BCUT2D eigenvalue weighted by Crippen LogP contribution is 2.41. The van der Waals surface area contributed by atoms with E-state index in [4.69, 9.17) is 0 Å². The van der Waals surface area contributed by atoms with E-state index in [1.54, 1.807) is 12.1 Å². The molecule has 0 saturated carbocycles. The number of allylic oxidation sites excluding steroid dienone is 2. The van der Waals surface area contributed by atoms with Gasteiger partial charge in [0, 0.05) is 22.3 Å². The van der Waals surface area contributed by atoms with E-state index in [9.17, 15) is 35.9 Å². The number of ketones is 2. The van der Waals surface area contributed by atoms with Gasteiger partial charge in [-0.25, -0.2) is 0 Å². The topological polar surface area (TPSA) is 34.1 Å². The Kier molecular flexibility index (Phi) is 5.03. The van der Waals surface area contributed by atoms with Gasteiger partial charge in [0.25, 0.3) is 0 Å². The van der Waals surface area contributed by atoms with E-state index in [-0.39, 0.29) is 33.4 Å². The minimum atomic E-state index is -4.58. The molecule has 3 aromatic rings. The third-order valence-corrected chi connectivity index (χ3v) is 5.12. The van der Waals surface area contributed by atoms with Gasteiger partial charge >= 0.3 is 12.4 Å². The Morgan fingerprint density at radius 3 is 1.59 bits per heavy atom. The Morgan fingerprint density at radius 1 is 0.625 bits per heavy atom. The van der Waals surface area contributed by atoms with Crippen LogP contribution < -0.4 is 0 Å². The van der Waals surface area contributed by atoms with Crippen LogP contribution in [-0.4, -0.2) is 11.6 Å². The zero-order valence-electron chi connectivity index (χ0n) is 16.0. The molecule has 0 fully saturated rings. The van der Waals surface area contributed by atoms with E-state index >= 15 is 0 Å². The molecule has 0 spiro atoms. The lowest BCUT2D eigenvalue weighted by Gasteiger charge is -2.11. The summed E-state index contributed by atoms with van der Waals surface area (Å²) < 4.78 is 77.3. The average Bonchev–Trinajstić information content (AvgIpc) is 3.05. The lowest BCUT2D eigenvalue weighted by molar-refractivity contribution is -0.138. The average molecular weight is 446 g/mol. The predicted molar refractivity (Wildman–Crippen MR) is 105 cm³/mol. The molecule has 162 valence electrons. The van der Waals surface area contributed by atoms with Crippen molar-refractivity contribution < 1.29 is 35.9 Å². The molecule has 0 bridgehead atoms. The molecule has 0 atom stereocenters. The van der Waals surface area contributed by atoms with Crippen LogP contribution in [0, 0.1) is 0 Å². The molecule has 0 aliphatic heterocycles. The predicted octanol–water partition coefficient (Wildman–Crippen LogP) is 6.71. The number of alkyl halides is 6. The number of carbonyl (C=O) groups excluding carboxylic acids is 2. The number of hydrogen-bond donors (Lipinski definition) is 0. The second kappa shape index (κ2) is 7.47. The summed E-state index contributed by atoms with van der Waals surface area (Å²) in [6.07, 6.45) is -9.16. The van der Waals surface area contributed by atoms with Gasteiger partial charge in [-0.1, -0.05) is 48.5 Å². The number of rotatable bonds is 3. The van der Waals surface area contributed by atoms with Crippen LogP contribution in [0.25, 0.3) is 11.1 Å². The molecule has 0 saturated heterocycles. The van der Waals surface area contributed by atoms with Gasteiger partial charge in [-0.15, -0.1) is 0 Å².